The van der Waals surface area contributed by atoms with E-state index in [4.69, 9.17) is 5.26 Å². The molecule has 0 saturated heterocycles. The first-order valence-corrected chi connectivity index (χ1v) is 6.87. The lowest BCUT2D eigenvalue weighted by molar-refractivity contribution is 0.896. The van der Waals surface area contributed by atoms with Gasteiger partial charge in [0.1, 0.15) is 9.39 Å². The number of rotatable bonds is 2. The quantitative estimate of drug-likeness (QED) is 0.690. The molecule has 0 aliphatic rings. The Morgan fingerprint density at radius 3 is 3.00 bits per heavy atom. The van der Waals surface area contributed by atoms with Crippen LogP contribution in [0.4, 0.5) is 0 Å². The molecule has 0 aliphatic heterocycles. The minimum absolute atomic E-state index is 0.152. The van der Waals surface area contributed by atoms with E-state index in [9.17, 15) is 4.79 Å². The standard InChI is InChI=1S/C13H8IN5O/c14-11-12(16-7-17-13(11)20)19-9-4-2-1-3-8(9)18-10(19)5-6-15/h1-4,7H,5H2,(H,16,17,20). The topological polar surface area (TPSA) is 87.4 Å². The largest absolute Gasteiger partial charge is 0.312 e. The van der Waals surface area contributed by atoms with E-state index in [1.165, 1.54) is 6.33 Å². The summed E-state index contributed by atoms with van der Waals surface area (Å²) in [5.74, 6) is 1.07. The highest BCUT2D eigenvalue weighted by molar-refractivity contribution is 14.1. The van der Waals surface area contributed by atoms with Gasteiger partial charge < -0.3 is 4.98 Å². The molecule has 6 nitrogen and oxygen atoms in total. The van der Waals surface area contributed by atoms with Gasteiger partial charge in [0, 0.05) is 0 Å². The predicted molar refractivity (Wildman–Crippen MR) is 81.5 cm³/mol. The number of fused-ring (bicyclic) bond motifs is 1. The van der Waals surface area contributed by atoms with Gasteiger partial charge in [-0.15, -0.1) is 0 Å². The number of benzene rings is 1. The molecule has 2 heterocycles. The first kappa shape index (κ1) is 12.8. The number of nitriles is 1. The Bertz CT molecular complexity index is 890. The van der Waals surface area contributed by atoms with Gasteiger partial charge in [-0.05, 0) is 34.7 Å². The zero-order valence-corrected chi connectivity index (χ0v) is 12.3. The minimum atomic E-state index is -0.212. The van der Waals surface area contributed by atoms with Crippen molar-refractivity contribution in [1.82, 2.24) is 19.5 Å². The summed E-state index contributed by atoms with van der Waals surface area (Å²) in [6.07, 6.45) is 1.50. The number of nitrogens with one attached hydrogen (secondary N) is 1. The molecule has 0 radical (unpaired) electrons. The van der Waals surface area contributed by atoms with Crippen molar-refractivity contribution in [2.75, 3.05) is 0 Å². The molecular weight excluding hydrogens is 369 g/mol. The SMILES string of the molecule is N#CCc1nc2ccccc2n1-c1nc[nH]c(=O)c1I. The average Bonchev–Trinajstić information content (AvgIpc) is 2.80. The van der Waals surface area contributed by atoms with Crippen LogP contribution in [0, 0.1) is 14.9 Å². The number of nitrogens with zero attached hydrogens (tertiary/aromatic N) is 4. The highest BCUT2D eigenvalue weighted by Gasteiger charge is 2.16. The van der Waals surface area contributed by atoms with Gasteiger partial charge in [-0.25, -0.2) is 9.97 Å². The van der Waals surface area contributed by atoms with Crippen LogP contribution in [0.3, 0.4) is 0 Å². The number of halogens is 1. The second kappa shape index (κ2) is 5.05. The fourth-order valence-electron chi connectivity index (χ4n) is 2.03. The molecule has 0 fully saturated rings. The third-order valence-corrected chi connectivity index (χ3v) is 3.83. The van der Waals surface area contributed by atoms with Crippen molar-refractivity contribution < 1.29 is 0 Å². The van der Waals surface area contributed by atoms with Crippen LogP contribution in [0.5, 0.6) is 0 Å². The van der Waals surface area contributed by atoms with Crippen LogP contribution >= 0.6 is 22.6 Å². The molecule has 20 heavy (non-hydrogen) atoms. The van der Waals surface area contributed by atoms with Crippen molar-refractivity contribution >= 4 is 33.6 Å². The zero-order valence-electron chi connectivity index (χ0n) is 10.2. The number of hydrogen-bond acceptors (Lipinski definition) is 4. The first-order valence-electron chi connectivity index (χ1n) is 5.79. The first-order chi connectivity index (χ1) is 9.72. The van der Waals surface area contributed by atoms with Gasteiger partial charge >= 0.3 is 0 Å². The van der Waals surface area contributed by atoms with Crippen LogP contribution in [0.1, 0.15) is 5.82 Å². The van der Waals surface area contributed by atoms with Crippen molar-refractivity contribution in [2.45, 2.75) is 6.42 Å². The van der Waals surface area contributed by atoms with E-state index >= 15 is 0 Å². The van der Waals surface area contributed by atoms with Crippen molar-refractivity contribution in [3.63, 3.8) is 0 Å². The van der Waals surface area contributed by atoms with Gasteiger partial charge in [0.05, 0.1) is 29.9 Å². The predicted octanol–water partition coefficient (Wildman–Crippen LogP) is 1.78. The molecular formula is C13H8IN5O. The summed E-state index contributed by atoms with van der Waals surface area (Å²) < 4.78 is 2.22. The summed E-state index contributed by atoms with van der Waals surface area (Å²) in [6.45, 7) is 0. The maximum atomic E-state index is 11.7. The Kier molecular flexibility index (Phi) is 3.23. The van der Waals surface area contributed by atoms with Gasteiger partial charge in [-0.3, -0.25) is 9.36 Å². The maximum Gasteiger partial charge on any atom is 0.266 e. The molecule has 0 atom stereocenters. The summed E-state index contributed by atoms with van der Waals surface area (Å²) in [7, 11) is 0. The van der Waals surface area contributed by atoms with Crippen LogP contribution in [0.15, 0.2) is 35.4 Å². The van der Waals surface area contributed by atoms with E-state index in [-0.39, 0.29) is 12.0 Å². The van der Waals surface area contributed by atoms with Gasteiger partial charge in [0.2, 0.25) is 0 Å². The second-order valence-corrected chi connectivity index (χ2v) is 5.14. The summed E-state index contributed by atoms with van der Waals surface area (Å²) in [6, 6.07) is 9.62. The number of hydrogen-bond donors (Lipinski definition) is 1. The van der Waals surface area contributed by atoms with Gasteiger partial charge in [-0.1, -0.05) is 12.1 Å². The highest BCUT2D eigenvalue weighted by atomic mass is 127. The Morgan fingerprint density at radius 1 is 1.40 bits per heavy atom. The molecule has 2 aromatic heterocycles. The fraction of sp³-hybridized carbons (Fsp3) is 0.0769. The molecule has 0 saturated carbocycles. The third-order valence-electron chi connectivity index (χ3n) is 2.86. The van der Waals surface area contributed by atoms with E-state index in [0.29, 0.717) is 15.2 Å². The molecule has 3 rings (SSSR count). The lowest BCUT2D eigenvalue weighted by Gasteiger charge is -2.07. The fourth-order valence-corrected chi connectivity index (χ4v) is 2.57. The maximum absolute atomic E-state index is 11.7. The average molecular weight is 377 g/mol. The van der Waals surface area contributed by atoms with E-state index in [2.05, 4.69) is 21.0 Å². The smallest absolute Gasteiger partial charge is 0.266 e. The van der Waals surface area contributed by atoms with Crippen LogP contribution in [-0.2, 0) is 6.42 Å². The molecule has 0 unspecified atom stereocenters. The zero-order chi connectivity index (χ0) is 14.1. The number of para-hydroxylation sites is 2. The van der Waals surface area contributed by atoms with E-state index in [1.807, 2.05) is 46.9 Å². The van der Waals surface area contributed by atoms with Crippen molar-refractivity contribution in [3.05, 3.63) is 50.3 Å². The highest BCUT2D eigenvalue weighted by Crippen LogP contribution is 2.22. The number of aromatic nitrogens is 4. The minimum Gasteiger partial charge on any atom is -0.312 e. The summed E-state index contributed by atoms with van der Waals surface area (Å²) in [5.41, 5.74) is 1.39. The molecule has 1 aromatic carbocycles. The van der Waals surface area contributed by atoms with E-state index in [0.717, 1.165) is 11.0 Å². The van der Waals surface area contributed by atoms with E-state index < -0.39 is 0 Å². The number of aromatic amines is 1. The van der Waals surface area contributed by atoms with Gasteiger partial charge in [0.15, 0.2) is 5.82 Å². The Balaban J connectivity index is 2.40. The van der Waals surface area contributed by atoms with Gasteiger partial charge in [0.25, 0.3) is 5.56 Å². The number of H-pyrrole nitrogens is 1. The number of imidazole rings is 1. The third kappa shape index (κ3) is 1.98. The monoisotopic (exact) mass is 377 g/mol. The lowest BCUT2D eigenvalue weighted by Crippen LogP contribution is -2.16. The lowest BCUT2D eigenvalue weighted by atomic mass is 10.3. The van der Waals surface area contributed by atoms with E-state index in [1.54, 1.807) is 4.57 Å². The Labute approximate surface area is 127 Å². The molecule has 0 amide bonds. The van der Waals surface area contributed by atoms with Crippen LogP contribution < -0.4 is 5.56 Å². The van der Waals surface area contributed by atoms with Crippen molar-refractivity contribution in [2.24, 2.45) is 0 Å². The summed E-state index contributed by atoms with van der Waals surface area (Å²) in [5, 5.41) is 8.95. The normalized spacial score (nSPS) is 10.6. The summed E-state index contributed by atoms with van der Waals surface area (Å²) >= 11 is 1.95. The van der Waals surface area contributed by atoms with Gasteiger partial charge in [-0.2, -0.15) is 5.26 Å². The van der Waals surface area contributed by atoms with Crippen molar-refractivity contribution in [3.8, 4) is 11.9 Å². The summed E-state index contributed by atoms with van der Waals surface area (Å²) in [4.78, 5) is 22.9. The molecule has 98 valence electrons. The Hall–Kier alpha value is -2.21. The van der Waals surface area contributed by atoms with Crippen LogP contribution in [0.25, 0.3) is 16.9 Å². The van der Waals surface area contributed by atoms with Crippen LogP contribution in [0.2, 0.25) is 0 Å². The molecule has 3 aromatic rings. The second-order valence-electron chi connectivity index (χ2n) is 4.06. The molecule has 0 bridgehead atoms. The Morgan fingerprint density at radius 2 is 2.20 bits per heavy atom. The molecule has 0 aliphatic carbocycles. The molecule has 1 N–H and O–H groups in total. The van der Waals surface area contributed by atoms with Crippen molar-refractivity contribution in [1.29, 1.82) is 5.26 Å². The van der Waals surface area contributed by atoms with Crippen LogP contribution in [-0.4, -0.2) is 19.5 Å². The molecule has 0 spiro atoms. The molecule has 7 heteroatoms.